The summed E-state index contributed by atoms with van der Waals surface area (Å²) in [5.74, 6) is -0.0898. The van der Waals surface area contributed by atoms with E-state index in [-0.39, 0.29) is 5.91 Å². The molecule has 0 aromatic heterocycles. The minimum Gasteiger partial charge on any atom is -0.388 e. The van der Waals surface area contributed by atoms with Gasteiger partial charge in [-0.05, 0) is 24.3 Å². The molecule has 0 radical (unpaired) electrons. The Kier molecular flexibility index (Phi) is 6.83. The molecule has 0 bridgehead atoms. The molecule has 0 atom stereocenters. The van der Waals surface area contributed by atoms with Crippen LogP contribution in [0, 0.1) is 0 Å². The quantitative estimate of drug-likeness (QED) is 0.681. The van der Waals surface area contributed by atoms with Gasteiger partial charge in [-0.1, -0.05) is 0 Å². The summed E-state index contributed by atoms with van der Waals surface area (Å²) in [5.41, 5.74) is 1.63. The second kappa shape index (κ2) is 8.49. The summed E-state index contributed by atoms with van der Waals surface area (Å²) in [7, 11) is 3.46. The predicted octanol–water partition coefficient (Wildman–Crippen LogP) is 1.12. The molecule has 100 valence electrons. The summed E-state index contributed by atoms with van der Waals surface area (Å²) in [6.07, 6.45) is 0. The number of hydrogen-bond donors (Lipinski definition) is 2. The smallest absolute Gasteiger partial charge is 0.251 e. The van der Waals surface area contributed by atoms with Gasteiger partial charge in [-0.3, -0.25) is 4.79 Å². The highest BCUT2D eigenvalue weighted by Crippen LogP contribution is 2.08. The van der Waals surface area contributed by atoms with Gasteiger partial charge >= 0.3 is 0 Å². The molecule has 0 aliphatic carbocycles. The van der Waals surface area contributed by atoms with Crippen molar-refractivity contribution in [2.45, 2.75) is 0 Å². The number of ether oxygens (including phenoxy) is 2. The highest BCUT2D eigenvalue weighted by Gasteiger charge is 2.03. The van der Waals surface area contributed by atoms with E-state index in [1.165, 1.54) is 0 Å². The molecule has 1 amide bonds. The van der Waals surface area contributed by atoms with Crippen LogP contribution in [-0.4, -0.2) is 46.4 Å². The van der Waals surface area contributed by atoms with Gasteiger partial charge in [-0.25, -0.2) is 0 Å². The van der Waals surface area contributed by atoms with Crippen LogP contribution in [0.1, 0.15) is 10.4 Å². The van der Waals surface area contributed by atoms with Crippen molar-refractivity contribution in [3.63, 3.8) is 0 Å². The van der Waals surface area contributed by atoms with Crippen LogP contribution >= 0.6 is 0 Å². The average molecular weight is 252 g/mol. The topological polar surface area (TPSA) is 59.6 Å². The van der Waals surface area contributed by atoms with Crippen LogP contribution in [0.25, 0.3) is 0 Å². The number of carbonyl (C=O) groups excluding carboxylic acids is 1. The fourth-order valence-corrected chi connectivity index (χ4v) is 1.37. The molecule has 1 aromatic rings. The maximum Gasteiger partial charge on any atom is 0.251 e. The highest BCUT2D eigenvalue weighted by molar-refractivity contribution is 5.94. The molecule has 0 fully saturated rings. The van der Waals surface area contributed by atoms with E-state index in [4.69, 9.17) is 9.47 Å². The summed E-state index contributed by atoms with van der Waals surface area (Å²) < 4.78 is 10.1. The monoisotopic (exact) mass is 252 g/mol. The minimum atomic E-state index is -0.0898. The van der Waals surface area contributed by atoms with E-state index in [9.17, 15) is 4.79 Å². The third-order valence-corrected chi connectivity index (χ3v) is 2.40. The van der Waals surface area contributed by atoms with E-state index >= 15 is 0 Å². The maximum atomic E-state index is 11.7. The zero-order valence-corrected chi connectivity index (χ0v) is 10.9. The lowest BCUT2D eigenvalue weighted by Crippen LogP contribution is -2.27. The lowest BCUT2D eigenvalue weighted by molar-refractivity contribution is 0.0692. The van der Waals surface area contributed by atoms with Gasteiger partial charge in [-0.15, -0.1) is 0 Å². The Balaban J connectivity index is 2.23. The van der Waals surface area contributed by atoms with E-state index in [0.717, 1.165) is 5.69 Å². The fraction of sp³-hybridized carbons (Fsp3) is 0.462. The van der Waals surface area contributed by atoms with E-state index in [2.05, 4.69) is 10.6 Å². The van der Waals surface area contributed by atoms with Crippen molar-refractivity contribution in [1.29, 1.82) is 0 Å². The second-order valence-corrected chi connectivity index (χ2v) is 3.69. The number of nitrogens with one attached hydrogen (secondary N) is 2. The van der Waals surface area contributed by atoms with Crippen molar-refractivity contribution in [2.24, 2.45) is 0 Å². The number of anilines is 1. The zero-order valence-electron chi connectivity index (χ0n) is 10.9. The van der Waals surface area contributed by atoms with Gasteiger partial charge < -0.3 is 20.1 Å². The summed E-state index contributed by atoms with van der Waals surface area (Å²) in [4.78, 5) is 11.7. The Morgan fingerprint density at radius 3 is 2.50 bits per heavy atom. The van der Waals surface area contributed by atoms with Crippen molar-refractivity contribution in [2.75, 3.05) is 45.8 Å². The van der Waals surface area contributed by atoms with Crippen molar-refractivity contribution in [1.82, 2.24) is 5.32 Å². The van der Waals surface area contributed by atoms with Gasteiger partial charge in [0, 0.05) is 32.0 Å². The number of hydrogen-bond acceptors (Lipinski definition) is 4. The van der Waals surface area contributed by atoms with Crippen LogP contribution in [0.3, 0.4) is 0 Å². The molecule has 1 rings (SSSR count). The van der Waals surface area contributed by atoms with Crippen molar-refractivity contribution in [3.05, 3.63) is 29.8 Å². The number of amides is 1. The Labute approximate surface area is 107 Å². The molecule has 0 saturated carbocycles. The number of carbonyl (C=O) groups is 1. The van der Waals surface area contributed by atoms with Crippen LogP contribution in [0.15, 0.2) is 24.3 Å². The molecule has 0 spiro atoms. The number of methoxy groups -OCH3 is 1. The molecule has 0 aliphatic rings. The zero-order chi connectivity index (χ0) is 13.2. The molecule has 2 N–H and O–H groups in total. The fourth-order valence-electron chi connectivity index (χ4n) is 1.37. The van der Waals surface area contributed by atoms with Gasteiger partial charge in [0.15, 0.2) is 0 Å². The Morgan fingerprint density at radius 2 is 1.89 bits per heavy atom. The first-order chi connectivity index (χ1) is 8.77. The second-order valence-electron chi connectivity index (χ2n) is 3.69. The minimum absolute atomic E-state index is 0.0898. The summed E-state index contributed by atoms with van der Waals surface area (Å²) in [5, 5.41) is 5.79. The average Bonchev–Trinajstić information content (AvgIpc) is 2.42. The first kappa shape index (κ1) is 14.5. The van der Waals surface area contributed by atoms with Gasteiger partial charge in [-0.2, -0.15) is 0 Å². The number of benzene rings is 1. The molecule has 0 aliphatic heterocycles. The van der Waals surface area contributed by atoms with Crippen LogP contribution in [0.4, 0.5) is 5.69 Å². The Morgan fingerprint density at radius 1 is 1.17 bits per heavy atom. The normalized spacial score (nSPS) is 10.1. The first-order valence-electron chi connectivity index (χ1n) is 5.90. The molecule has 0 unspecified atom stereocenters. The maximum absolute atomic E-state index is 11.7. The van der Waals surface area contributed by atoms with Crippen LogP contribution < -0.4 is 10.6 Å². The molecule has 5 nitrogen and oxygen atoms in total. The van der Waals surface area contributed by atoms with Gasteiger partial charge in [0.25, 0.3) is 5.91 Å². The SMILES string of the molecule is CNc1ccc(C(=O)NCCOCCOC)cc1. The van der Waals surface area contributed by atoms with Gasteiger partial charge in [0.1, 0.15) is 0 Å². The van der Waals surface area contributed by atoms with E-state index in [1.54, 1.807) is 19.2 Å². The molecule has 5 heteroatoms. The van der Waals surface area contributed by atoms with Crippen LogP contribution in [-0.2, 0) is 9.47 Å². The van der Waals surface area contributed by atoms with E-state index < -0.39 is 0 Å². The first-order valence-corrected chi connectivity index (χ1v) is 5.90. The summed E-state index contributed by atoms with van der Waals surface area (Å²) >= 11 is 0. The van der Waals surface area contributed by atoms with Crippen molar-refractivity contribution >= 4 is 11.6 Å². The number of rotatable bonds is 8. The van der Waals surface area contributed by atoms with Gasteiger partial charge in [0.2, 0.25) is 0 Å². The molecule has 0 saturated heterocycles. The standard InChI is InChI=1S/C13H20N2O3/c1-14-12-5-3-11(4-6-12)13(16)15-7-8-18-10-9-17-2/h3-6,14H,7-10H2,1-2H3,(H,15,16). The van der Waals surface area contributed by atoms with Crippen molar-refractivity contribution < 1.29 is 14.3 Å². The van der Waals surface area contributed by atoms with E-state index in [1.807, 2.05) is 19.2 Å². The molecular weight excluding hydrogens is 232 g/mol. The lowest BCUT2D eigenvalue weighted by atomic mass is 10.2. The van der Waals surface area contributed by atoms with E-state index in [0.29, 0.717) is 31.9 Å². The van der Waals surface area contributed by atoms with Crippen molar-refractivity contribution in [3.8, 4) is 0 Å². The molecule has 0 heterocycles. The van der Waals surface area contributed by atoms with Crippen LogP contribution in [0.2, 0.25) is 0 Å². The lowest BCUT2D eigenvalue weighted by Gasteiger charge is -2.07. The summed E-state index contributed by atoms with van der Waals surface area (Å²) in [6, 6.07) is 7.30. The van der Waals surface area contributed by atoms with Crippen LogP contribution in [0.5, 0.6) is 0 Å². The van der Waals surface area contributed by atoms with Gasteiger partial charge in [0.05, 0.1) is 19.8 Å². The predicted molar refractivity (Wildman–Crippen MR) is 71.0 cm³/mol. The third kappa shape index (κ3) is 5.16. The third-order valence-electron chi connectivity index (χ3n) is 2.40. The largest absolute Gasteiger partial charge is 0.388 e. The Bertz CT molecular complexity index is 352. The molecule has 1 aromatic carbocycles. The molecule has 18 heavy (non-hydrogen) atoms. The highest BCUT2D eigenvalue weighted by atomic mass is 16.5. The Hall–Kier alpha value is -1.59. The molecular formula is C13H20N2O3. The summed E-state index contributed by atoms with van der Waals surface area (Å²) in [6.45, 7) is 2.10.